The van der Waals surface area contributed by atoms with Gasteiger partial charge in [-0.25, -0.2) is 9.55 Å². The quantitative estimate of drug-likeness (QED) is 0.383. The van der Waals surface area contributed by atoms with Gasteiger partial charge in [0.15, 0.2) is 0 Å². The van der Waals surface area contributed by atoms with E-state index in [-0.39, 0.29) is 35.1 Å². The molecule has 9 heteroatoms. The molecule has 0 bridgehead atoms. The average molecular weight is 305 g/mol. The van der Waals surface area contributed by atoms with Crippen molar-refractivity contribution in [2.24, 2.45) is 5.73 Å². The highest BCUT2D eigenvalue weighted by Crippen LogP contribution is 2.02. The van der Waals surface area contributed by atoms with E-state index < -0.39 is 5.91 Å². The summed E-state index contributed by atoms with van der Waals surface area (Å²) in [5.41, 5.74) is 6.03. The van der Waals surface area contributed by atoms with Crippen LogP contribution in [0, 0.1) is 5.21 Å². The second-order valence-corrected chi connectivity index (χ2v) is 4.00. The molecule has 0 saturated heterocycles. The van der Waals surface area contributed by atoms with Crippen LogP contribution in [0.5, 0.6) is 0 Å². The van der Waals surface area contributed by atoms with Crippen LogP contribution in [-0.4, -0.2) is 21.0 Å². The normalized spacial score (nSPS) is 10.1. The van der Waals surface area contributed by atoms with Crippen LogP contribution in [0.2, 0.25) is 0 Å². The number of primary amides is 1. The smallest absolute Gasteiger partial charge is 0.507 e. The van der Waals surface area contributed by atoms with Gasteiger partial charge in [0.05, 0.1) is 18.0 Å². The maximum Gasteiger partial charge on any atom is 0.507 e. The Balaban J connectivity index is 0.00000161. The van der Waals surface area contributed by atoms with Crippen molar-refractivity contribution in [1.82, 2.24) is 15.1 Å². The SMILES string of the molecule is NC(=O)c1ccc[n+](-c2nc3ncccc3[n+]([O-])n2)c1.[Cl-]. The van der Waals surface area contributed by atoms with Gasteiger partial charge in [0, 0.05) is 17.1 Å². The second kappa shape index (κ2) is 5.63. The molecule has 2 N–H and O–H groups in total. The molecular weight excluding hydrogens is 296 g/mol. The summed E-state index contributed by atoms with van der Waals surface area (Å²) in [5.74, 6) is -0.470. The van der Waals surface area contributed by atoms with Crippen LogP contribution >= 0.6 is 0 Å². The maximum atomic E-state index is 11.8. The Morgan fingerprint density at radius 3 is 2.86 bits per heavy atom. The summed E-state index contributed by atoms with van der Waals surface area (Å²) in [7, 11) is 0. The van der Waals surface area contributed by atoms with E-state index in [9.17, 15) is 10.0 Å². The highest BCUT2D eigenvalue weighted by Gasteiger charge is 2.22. The Labute approximate surface area is 124 Å². The lowest BCUT2D eigenvalue weighted by atomic mass is 10.3. The number of nitrogens with zero attached hydrogens (tertiary/aromatic N) is 5. The zero-order chi connectivity index (χ0) is 14.1. The molecule has 21 heavy (non-hydrogen) atoms. The van der Waals surface area contributed by atoms with Gasteiger partial charge in [-0.05, 0) is 23.2 Å². The highest BCUT2D eigenvalue weighted by molar-refractivity contribution is 5.92. The van der Waals surface area contributed by atoms with Gasteiger partial charge in [-0.3, -0.25) is 4.79 Å². The van der Waals surface area contributed by atoms with Crippen molar-refractivity contribution in [1.29, 1.82) is 0 Å². The summed E-state index contributed by atoms with van der Waals surface area (Å²) < 4.78 is 1.43. The van der Waals surface area contributed by atoms with E-state index in [1.807, 2.05) is 0 Å². The van der Waals surface area contributed by atoms with Gasteiger partial charge in [-0.1, -0.05) is 0 Å². The lowest BCUT2D eigenvalue weighted by molar-refractivity contribution is -0.675. The standard InChI is InChI=1S/C12H8N6O2.ClH/c13-10(19)8-3-2-6-17(7-8)12-15-11-9(18(20)16-12)4-1-5-14-11;/h1-7H,(H-,13,19);1H. The van der Waals surface area contributed by atoms with Crippen LogP contribution in [0.3, 0.4) is 0 Å². The van der Waals surface area contributed by atoms with Crippen LogP contribution in [0.25, 0.3) is 17.1 Å². The lowest BCUT2D eigenvalue weighted by Gasteiger charge is -1.98. The number of fused-ring (bicyclic) bond motifs is 1. The summed E-state index contributed by atoms with van der Waals surface area (Å²) in [6.45, 7) is 0. The molecule has 8 nitrogen and oxygen atoms in total. The zero-order valence-electron chi connectivity index (χ0n) is 10.5. The molecule has 3 heterocycles. The zero-order valence-corrected chi connectivity index (χ0v) is 11.3. The third-order valence-corrected chi connectivity index (χ3v) is 2.67. The number of carbonyl (C=O) groups is 1. The van der Waals surface area contributed by atoms with Gasteiger partial charge in [-0.15, -0.1) is 0 Å². The fourth-order valence-electron chi connectivity index (χ4n) is 1.73. The monoisotopic (exact) mass is 304 g/mol. The molecule has 0 aromatic carbocycles. The second-order valence-electron chi connectivity index (χ2n) is 4.00. The molecule has 3 aromatic heterocycles. The van der Waals surface area contributed by atoms with Crippen LogP contribution in [-0.2, 0) is 0 Å². The predicted molar refractivity (Wildman–Crippen MR) is 66.3 cm³/mol. The van der Waals surface area contributed by atoms with Gasteiger partial charge in [0.2, 0.25) is 5.10 Å². The van der Waals surface area contributed by atoms with Crippen LogP contribution in [0.15, 0.2) is 42.9 Å². The molecule has 0 unspecified atom stereocenters. The van der Waals surface area contributed by atoms with Gasteiger partial charge < -0.3 is 23.3 Å². The predicted octanol–water partition coefficient (Wildman–Crippen LogP) is -3.96. The number of hydrogen-bond donors (Lipinski definition) is 1. The fourth-order valence-corrected chi connectivity index (χ4v) is 1.73. The fraction of sp³-hybridized carbons (Fsp3) is 0. The Bertz CT molecular complexity index is 826. The molecule has 0 saturated carbocycles. The van der Waals surface area contributed by atoms with E-state index in [1.54, 1.807) is 30.5 Å². The summed E-state index contributed by atoms with van der Waals surface area (Å²) in [6.07, 6.45) is 4.59. The number of aromatic nitrogens is 5. The van der Waals surface area contributed by atoms with E-state index in [2.05, 4.69) is 15.1 Å². The number of hydrogen-bond acceptors (Lipinski definition) is 5. The first kappa shape index (κ1) is 14.5. The Morgan fingerprint density at radius 1 is 1.29 bits per heavy atom. The van der Waals surface area contributed by atoms with Crippen molar-refractivity contribution in [2.75, 3.05) is 0 Å². The van der Waals surface area contributed by atoms with E-state index in [0.717, 1.165) is 0 Å². The van der Waals surface area contributed by atoms with Crippen molar-refractivity contribution in [3.05, 3.63) is 53.6 Å². The Morgan fingerprint density at radius 2 is 2.10 bits per heavy atom. The van der Waals surface area contributed by atoms with Crippen molar-refractivity contribution in [2.45, 2.75) is 0 Å². The first-order valence-corrected chi connectivity index (χ1v) is 5.69. The summed E-state index contributed by atoms with van der Waals surface area (Å²) >= 11 is 0. The number of nitrogens with two attached hydrogens (primary N) is 1. The molecule has 0 aliphatic rings. The summed E-state index contributed by atoms with van der Waals surface area (Å²) in [6, 6.07) is 6.37. The number of amides is 1. The van der Waals surface area contributed by atoms with Crippen LogP contribution < -0.4 is 27.6 Å². The van der Waals surface area contributed by atoms with Crippen LogP contribution in [0.1, 0.15) is 10.4 Å². The molecule has 0 radical (unpaired) electrons. The minimum Gasteiger partial charge on any atom is -1.00 e. The van der Waals surface area contributed by atoms with Crippen molar-refractivity contribution in [3.63, 3.8) is 0 Å². The van der Waals surface area contributed by atoms with E-state index >= 15 is 0 Å². The molecule has 1 amide bonds. The number of carbonyl (C=O) groups excluding carboxylic acids is 1. The molecule has 0 spiro atoms. The first-order chi connectivity index (χ1) is 9.65. The molecule has 0 aliphatic heterocycles. The largest absolute Gasteiger partial charge is 1.00 e. The molecule has 106 valence electrons. The molecule has 3 aromatic rings. The summed E-state index contributed by atoms with van der Waals surface area (Å²) in [5, 5.41) is 15.6. The van der Waals surface area contributed by atoms with E-state index in [1.165, 1.54) is 17.0 Å². The number of rotatable bonds is 2. The van der Waals surface area contributed by atoms with Gasteiger partial charge in [0.1, 0.15) is 0 Å². The van der Waals surface area contributed by atoms with Gasteiger partial charge in [0.25, 0.3) is 5.91 Å². The third kappa shape index (κ3) is 2.70. The summed E-state index contributed by atoms with van der Waals surface area (Å²) in [4.78, 5) is 19.8. The van der Waals surface area contributed by atoms with E-state index in [4.69, 9.17) is 5.73 Å². The molecule has 0 fully saturated rings. The third-order valence-electron chi connectivity index (χ3n) is 2.67. The van der Waals surface area contributed by atoms with Gasteiger partial charge >= 0.3 is 17.1 Å². The van der Waals surface area contributed by atoms with E-state index in [0.29, 0.717) is 4.85 Å². The molecule has 0 atom stereocenters. The lowest BCUT2D eigenvalue weighted by Crippen LogP contribution is -3.00. The molecule has 0 aliphatic carbocycles. The average Bonchev–Trinajstić information content (AvgIpc) is 2.47. The Kier molecular flexibility index (Phi) is 3.90. The first-order valence-electron chi connectivity index (χ1n) is 5.69. The number of halogens is 1. The van der Waals surface area contributed by atoms with Crippen molar-refractivity contribution in [3.8, 4) is 5.95 Å². The number of pyridine rings is 2. The minimum atomic E-state index is -0.576. The van der Waals surface area contributed by atoms with Crippen LogP contribution in [0.4, 0.5) is 0 Å². The minimum absolute atomic E-state index is 0. The Hall–Kier alpha value is -2.87. The topological polar surface area (TPSA) is 113 Å². The highest BCUT2D eigenvalue weighted by atomic mass is 35.5. The maximum absolute atomic E-state index is 11.8. The van der Waals surface area contributed by atoms with Crippen molar-refractivity contribution >= 4 is 17.1 Å². The van der Waals surface area contributed by atoms with Gasteiger partial charge in [-0.2, -0.15) is 0 Å². The van der Waals surface area contributed by atoms with Crippen molar-refractivity contribution < 1.29 is 26.6 Å². The molecular formula is C12H9ClN6O2. The molecule has 3 rings (SSSR count).